The van der Waals surface area contributed by atoms with Gasteiger partial charge in [-0.3, -0.25) is 27.9 Å². The zero-order chi connectivity index (χ0) is 71.8. The number of halogens is 2. The van der Waals surface area contributed by atoms with Gasteiger partial charge >= 0.3 is 17.4 Å². The number of alkyl halides is 2. The van der Waals surface area contributed by atoms with E-state index in [0.717, 1.165) is 33.4 Å². The molecule has 8 atom stereocenters. The van der Waals surface area contributed by atoms with Crippen LogP contribution in [0.5, 0.6) is 28.7 Å². The molecule has 28 heteroatoms. The van der Waals surface area contributed by atoms with E-state index < -0.39 is 80.1 Å². The summed E-state index contributed by atoms with van der Waals surface area (Å²) in [6.45, 7) is 3.59. The predicted octanol–water partition coefficient (Wildman–Crippen LogP) is 12.5. The number of rotatable bonds is 18. The predicted molar refractivity (Wildman–Crippen MR) is 382 cm³/mol. The number of methoxy groups -OCH3 is 4. The molecule has 0 amide bonds. The number of nitrogens with zero attached hydrogens (tertiary/aromatic N) is 10. The van der Waals surface area contributed by atoms with Crippen LogP contribution in [0.2, 0.25) is 0 Å². The Morgan fingerprint density at radius 1 is 0.466 bits per heavy atom. The summed E-state index contributed by atoms with van der Waals surface area (Å²) in [5.41, 5.74) is 2.95. The summed E-state index contributed by atoms with van der Waals surface area (Å²) >= 11 is 0. The minimum absolute atomic E-state index is 0. The van der Waals surface area contributed by atoms with E-state index in [1.54, 1.807) is 66.8 Å². The molecular weight excluding hydrogens is 1360 g/mol. The molecule has 3 N–H and O–H groups in total. The first kappa shape index (κ1) is 73.4. The molecule has 532 valence electrons. The van der Waals surface area contributed by atoms with Crippen molar-refractivity contribution in [2.75, 3.05) is 28.4 Å². The molecular formula is C75H74F2N10O14P2. The second kappa shape index (κ2) is 32.0. The molecule has 0 saturated carbocycles. The van der Waals surface area contributed by atoms with E-state index in [9.17, 15) is 33.1 Å². The average molecular weight is 1440 g/mol. The molecule has 2 fully saturated rings. The van der Waals surface area contributed by atoms with E-state index in [1.165, 1.54) is 30.6 Å². The Morgan fingerprint density at radius 3 is 1.05 bits per heavy atom. The van der Waals surface area contributed by atoms with Gasteiger partial charge in [-0.1, -0.05) is 149 Å². The van der Waals surface area contributed by atoms with Gasteiger partial charge < -0.3 is 48.1 Å². The van der Waals surface area contributed by atoms with Crippen LogP contribution in [0.15, 0.2) is 235 Å². The first-order valence-corrected chi connectivity index (χ1v) is 33.8. The van der Waals surface area contributed by atoms with Gasteiger partial charge in [0.2, 0.25) is 11.6 Å². The molecule has 2 aliphatic rings. The van der Waals surface area contributed by atoms with E-state index in [-0.39, 0.29) is 38.4 Å². The maximum Gasteiger partial charge on any atom is 0.395 e. The molecule has 8 heterocycles. The van der Waals surface area contributed by atoms with Gasteiger partial charge in [0.25, 0.3) is 11.1 Å². The first-order valence-electron chi connectivity index (χ1n) is 32.3. The van der Waals surface area contributed by atoms with E-state index in [4.69, 9.17) is 47.8 Å². The Kier molecular flexibility index (Phi) is 22.8. The van der Waals surface area contributed by atoms with Crippen molar-refractivity contribution in [2.45, 2.75) is 94.4 Å². The number of para-hydroxylation sites is 1. The van der Waals surface area contributed by atoms with Crippen LogP contribution in [0.1, 0.15) is 80.0 Å². The quantitative estimate of drug-likeness (QED) is 0.0532. The molecule has 0 spiro atoms. The number of aromatic nitrogens is 10. The standard InChI is InChI=1S/2C34H32FN5O5.C6H5O2P.CH4.HO2P/c2*1-4-26-27(35)29(41)32(45-26)39-20-36-28-30(39)37-33-38(31(28)42)18-19-40(33)34(21-8-6-5-7-9-21,22-10-14-24(43-2)15-11-22)23-12-16-25(44-3)17-13-23;7-9-8-6-4-2-1-3-5-6;;1-3-2/h2*5-20,26-27,29,32,41H,4H2,1-3H3;1-5H;1H4;(H,1,2)/t2*26-,27-,29-,32-;;;/m11.../s1. The summed E-state index contributed by atoms with van der Waals surface area (Å²) in [5, 5.41) is 21.5. The lowest BCUT2D eigenvalue weighted by Crippen LogP contribution is -2.38. The second-order valence-electron chi connectivity index (χ2n) is 23.6. The SMILES string of the molecule is C.CC[C@H]1O[C@@H](n2cnc3c(=O)n4ccn(C(c5ccccc5)(c5ccc(OC)cc5)c5ccc(OC)cc5)c4nc32)[C@H](O)[C@@H]1F.CC[C@H]1O[C@@H](n2cnc3c(=O)n4ccn(C(c5ccccc5)(c5ccc(OC)cc5)c5ccc(OC)cc5)c4nc32)[C@H](O)[C@@H]1F.O=PO.O=POc1ccccc1. The van der Waals surface area contributed by atoms with Gasteiger partial charge in [0.05, 0.1) is 53.3 Å². The zero-order valence-corrected chi connectivity index (χ0v) is 57.6. The van der Waals surface area contributed by atoms with Gasteiger partial charge in [-0.15, -0.1) is 0 Å². The van der Waals surface area contributed by atoms with Crippen molar-refractivity contribution in [1.82, 2.24) is 47.0 Å². The normalized spacial score (nSPS) is 18.7. The van der Waals surface area contributed by atoms with Crippen LogP contribution in [0.4, 0.5) is 8.78 Å². The molecule has 7 aromatic carbocycles. The van der Waals surface area contributed by atoms with Crippen LogP contribution in [0, 0.1) is 0 Å². The van der Waals surface area contributed by atoms with Crippen molar-refractivity contribution in [3.8, 4) is 28.7 Å². The highest BCUT2D eigenvalue weighted by atomic mass is 31.1. The molecule has 13 aromatic rings. The Labute approximate surface area is 592 Å². The Balaban J connectivity index is 0.000000177. The lowest BCUT2D eigenvalue weighted by Gasteiger charge is -2.37. The van der Waals surface area contributed by atoms with Crippen molar-refractivity contribution < 1.29 is 66.0 Å². The summed E-state index contributed by atoms with van der Waals surface area (Å²) in [4.78, 5) is 53.5. The smallest absolute Gasteiger partial charge is 0.395 e. The topological polar surface area (TPSA) is 274 Å². The number of hydrogen-bond donors (Lipinski definition) is 3. The lowest BCUT2D eigenvalue weighted by atomic mass is 9.76. The van der Waals surface area contributed by atoms with Gasteiger partial charge in [0.15, 0.2) is 47.1 Å². The van der Waals surface area contributed by atoms with Gasteiger partial charge in [-0.05, 0) is 107 Å². The van der Waals surface area contributed by atoms with E-state index >= 15 is 0 Å². The van der Waals surface area contributed by atoms with Gasteiger partial charge in [0, 0.05) is 24.8 Å². The number of hydrogen-bond acceptors (Lipinski definition) is 17. The molecule has 6 aromatic heterocycles. The molecule has 2 saturated heterocycles. The lowest BCUT2D eigenvalue weighted by molar-refractivity contribution is -0.0355. The number of fused-ring (bicyclic) bond motifs is 4. The Morgan fingerprint density at radius 2 is 0.767 bits per heavy atom. The van der Waals surface area contributed by atoms with E-state index in [1.807, 2.05) is 197 Å². The molecule has 0 radical (unpaired) electrons. The number of imidazole rings is 4. The van der Waals surface area contributed by atoms with Gasteiger partial charge in [-0.25, -0.2) is 36.7 Å². The summed E-state index contributed by atoms with van der Waals surface area (Å²) in [5.74, 6) is 4.01. The highest BCUT2D eigenvalue weighted by Crippen LogP contribution is 2.46. The Hall–Kier alpha value is -10.8. The monoisotopic (exact) mass is 1440 g/mol. The van der Waals surface area contributed by atoms with Gasteiger partial charge in [0.1, 0.15) is 52.0 Å². The van der Waals surface area contributed by atoms with Crippen LogP contribution in [-0.2, 0) is 29.7 Å². The van der Waals surface area contributed by atoms with Crippen LogP contribution in [0.3, 0.4) is 0 Å². The van der Waals surface area contributed by atoms with Crippen molar-refractivity contribution in [1.29, 1.82) is 0 Å². The van der Waals surface area contributed by atoms with Crippen molar-refractivity contribution in [3.63, 3.8) is 0 Å². The Bertz CT molecular complexity index is 4740. The summed E-state index contributed by atoms with van der Waals surface area (Å²) < 4.78 is 96.1. The fraction of sp³-hybridized carbons (Fsp3) is 0.253. The van der Waals surface area contributed by atoms with Crippen LogP contribution >= 0.6 is 17.4 Å². The first-order chi connectivity index (χ1) is 49.7. The molecule has 0 aliphatic carbocycles. The van der Waals surface area contributed by atoms with Gasteiger partial charge in [-0.2, -0.15) is 9.97 Å². The molecule has 0 unspecified atom stereocenters. The summed E-state index contributed by atoms with van der Waals surface area (Å²) in [6.07, 6.45) is 0.689. The molecule has 24 nitrogen and oxygen atoms in total. The third-order valence-electron chi connectivity index (χ3n) is 18.3. The minimum atomic E-state index is -1.58. The maximum atomic E-state index is 14.9. The van der Waals surface area contributed by atoms with Crippen LogP contribution in [0.25, 0.3) is 33.9 Å². The number of benzene rings is 7. The fourth-order valence-corrected chi connectivity index (χ4v) is 13.6. The largest absolute Gasteiger partial charge is 0.497 e. The number of aliphatic hydroxyl groups is 2. The van der Waals surface area contributed by atoms with E-state index in [0.29, 0.717) is 53.1 Å². The molecule has 2 aliphatic heterocycles. The summed E-state index contributed by atoms with van der Waals surface area (Å²) in [6, 6.07) is 59.9. The van der Waals surface area contributed by atoms with E-state index in [2.05, 4.69) is 14.5 Å². The number of ether oxygens (including phenoxy) is 6. The van der Waals surface area contributed by atoms with Crippen LogP contribution in [-0.4, -0.2) is 127 Å². The zero-order valence-electron chi connectivity index (χ0n) is 55.8. The van der Waals surface area contributed by atoms with Crippen molar-refractivity contribution in [2.24, 2.45) is 0 Å². The summed E-state index contributed by atoms with van der Waals surface area (Å²) in [7, 11) is 5.33. The third kappa shape index (κ3) is 13.5. The second-order valence-corrected chi connectivity index (χ2v) is 24.1. The highest BCUT2D eigenvalue weighted by molar-refractivity contribution is 7.17. The maximum absolute atomic E-state index is 14.9. The molecule has 103 heavy (non-hydrogen) atoms. The van der Waals surface area contributed by atoms with Crippen LogP contribution < -0.4 is 34.6 Å². The molecule has 15 rings (SSSR count). The average Bonchev–Trinajstić information content (AvgIpc) is 1.67. The highest BCUT2D eigenvalue weighted by Gasteiger charge is 2.48. The van der Waals surface area contributed by atoms with Crippen molar-refractivity contribution in [3.05, 3.63) is 280 Å². The number of aliphatic hydroxyl groups excluding tert-OH is 2. The fourth-order valence-electron chi connectivity index (χ4n) is 13.4. The third-order valence-corrected chi connectivity index (χ3v) is 18.6. The van der Waals surface area contributed by atoms with Crippen molar-refractivity contribution >= 4 is 51.3 Å². The molecule has 0 bridgehead atoms. The minimum Gasteiger partial charge on any atom is -0.497 e.